The molecule has 2 atom stereocenters. The van der Waals surface area contributed by atoms with E-state index < -0.39 is 5.97 Å². The summed E-state index contributed by atoms with van der Waals surface area (Å²) < 4.78 is 0. The number of hydrogen-bond acceptors (Lipinski definition) is 2. The lowest BCUT2D eigenvalue weighted by atomic mass is 10.1. The van der Waals surface area contributed by atoms with E-state index in [2.05, 4.69) is 12.2 Å². The second-order valence-corrected chi connectivity index (χ2v) is 4.73. The van der Waals surface area contributed by atoms with Gasteiger partial charge in [0, 0.05) is 26.1 Å². The van der Waals surface area contributed by atoms with E-state index in [9.17, 15) is 9.59 Å². The molecule has 5 heteroatoms. The van der Waals surface area contributed by atoms with Gasteiger partial charge in [0.25, 0.3) is 0 Å². The first-order chi connectivity index (χ1) is 7.49. The molecule has 0 aromatic rings. The topological polar surface area (TPSA) is 69.6 Å². The van der Waals surface area contributed by atoms with Gasteiger partial charge < -0.3 is 15.3 Å². The van der Waals surface area contributed by atoms with Crippen molar-refractivity contribution in [2.75, 3.05) is 19.6 Å². The van der Waals surface area contributed by atoms with Gasteiger partial charge in [-0.1, -0.05) is 13.8 Å². The number of hydrogen-bond donors (Lipinski definition) is 2. The van der Waals surface area contributed by atoms with E-state index in [1.54, 1.807) is 4.90 Å². The molecule has 0 aliphatic carbocycles. The smallest absolute Gasteiger partial charge is 0.317 e. The molecule has 0 aromatic carbocycles. The van der Waals surface area contributed by atoms with Crippen molar-refractivity contribution >= 4 is 12.0 Å². The fraction of sp³-hybridized carbons (Fsp3) is 0.818. The molecule has 1 heterocycles. The molecule has 5 nitrogen and oxygen atoms in total. The summed E-state index contributed by atoms with van der Waals surface area (Å²) in [6.45, 7) is 5.98. The first kappa shape index (κ1) is 12.8. The second-order valence-electron chi connectivity index (χ2n) is 4.73. The lowest BCUT2D eigenvalue weighted by Crippen LogP contribution is -2.40. The lowest BCUT2D eigenvalue weighted by Gasteiger charge is -2.18. The zero-order chi connectivity index (χ0) is 12.1. The lowest BCUT2D eigenvalue weighted by molar-refractivity contribution is -0.137. The van der Waals surface area contributed by atoms with Crippen LogP contribution in [-0.2, 0) is 4.79 Å². The molecular weight excluding hydrogens is 208 g/mol. The number of amides is 2. The summed E-state index contributed by atoms with van der Waals surface area (Å²) in [5.74, 6) is -0.278. The summed E-state index contributed by atoms with van der Waals surface area (Å²) in [6.07, 6.45) is 1.15. The van der Waals surface area contributed by atoms with E-state index in [-0.39, 0.29) is 18.4 Å². The number of urea groups is 1. The van der Waals surface area contributed by atoms with Crippen LogP contribution in [0.25, 0.3) is 0 Å². The van der Waals surface area contributed by atoms with Gasteiger partial charge in [-0.2, -0.15) is 0 Å². The Morgan fingerprint density at radius 3 is 2.75 bits per heavy atom. The molecule has 16 heavy (non-hydrogen) atoms. The number of likely N-dealkylation sites (tertiary alicyclic amines) is 1. The highest BCUT2D eigenvalue weighted by atomic mass is 16.4. The Hall–Kier alpha value is -1.26. The average Bonchev–Trinajstić information content (AvgIpc) is 2.60. The van der Waals surface area contributed by atoms with Crippen LogP contribution in [0.5, 0.6) is 0 Å². The maximum Gasteiger partial charge on any atom is 0.317 e. The van der Waals surface area contributed by atoms with Crippen molar-refractivity contribution < 1.29 is 14.7 Å². The van der Waals surface area contributed by atoms with Gasteiger partial charge in [-0.3, -0.25) is 4.79 Å². The monoisotopic (exact) mass is 228 g/mol. The van der Waals surface area contributed by atoms with E-state index in [0.717, 1.165) is 19.5 Å². The largest absolute Gasteiger partial charge is 0.481 e. The number of rotatable bonds is 4. The average molecular weight is 228 g/mol. The standard InChI is InChI=1S/C11H20N2O3/c1-8-3-4-13(7-8)11(16)12-6-9(2)5-10(14)15/h8-9H,3-7H2,1-2H3,(H,12,16)(H,14,15). The van der Waals surface area contributed by atoms with Crippen molar-refractivity contribution in [2.45, 2.75) is 26.7 Å². The minimum atomic E-state index is -0.823. The molecule has 0 bridgehead atoms. The van der Waals surface area contributed by atoms with E-state index >= 15 is 0 Å². The van der Waals surface area contributed by atoms with Crippen LogP contribution in [-0.4, -0.2) is 41.6 Å². The zero-order valence-corrected chi connectivity index (χ0v) is 9.90. The third kappa shape index (κ3) is 4.08. The van der Waals surface area contributed by atoms with Crippen molar-refractivity contribution in [1.29, 1.82) is 0 Å². The highest BCUT2D eigenvalue weighted by molar-refractivity contribution is 5.74. The van der Waals surface area contributed by atoms with Crippen LogP contribution in [0.2, 0.25) is 0 Å². The predicted molar refractivity (Wildman–Crippen MR) is 60.2 cm³/mol. The number of nitrogens with zero attached hydrogens (tertiary/aromatic N) is 1. The highest BCUT2D eigenvalue weighted by Gasteiger charge is 2.23. The van der Waals surface area contributed by atoms with Crippen molar-refractivity contribution in [3.63, 3.8) is 0 Å². The Balaban J connectivity index is 2.22. The van der Waals surface area contributed by atoms with Gasteiger partial charge >= 0.3 is 12.0 Å². The molecule has 1 rings (SSSR count). The third-order valence-electron chi connectivity index (χ3n) is 2.84. The Bertz CT molecular complexity index is 268. The summed E-state index contributed by atoms with van der Waals surface area (Å²) in [7, 11) is 0. The molecule has 1 aliphatic rings. The number of carboxylic acid groups (broad SMARTS) is 1. The van der Waals surface area contributed by atoms with Gasteiger partial charge in [0.2, 0.25) is 0 Å². The first-order valence-corrected chi connectivity index (χ1v) is 5.73. The number of carbonyl (C=O) groups is 2. The summed E-state index contributed by atoms with van der Waals surface area (Å²) in [4.78, 5) is 23.9. The first-order valence-electron chi connectivity index (χ1n) is 5.73. The molecule has 0 saturated carbocycles. The highest BCUT2D eigenvalue weighted by Crippen LogP contribution is 2.14. The fourth-order valence-electron chi connectivity index (χ4n) is 1.86. The van der Waals surface area contributed by atoms with Gasteiger partial charge in [-0.05, 0) is 18.3 Å². The molecule has 0 radical (unpaired) electrons. The van der Waals surface area contributed by atoms with E-state index in [1.807, 2.05) is 6.92 Å². The minimum Gasteiger partial charge on any atom is -0.481 e. The van der Waals surface area contributed by atoms with Crippen LogP contribution in [0.1, 0.15) is 26.7 Å². The van der Waals surface area contributed by atoms with Gasteiger partial charge in [0.1, 0.15) is 0 Å². The van der Waals surface area contributed by atoms with Crippen LogP contribution in [0, 0.1) is 11.8 Å². The van der Waals surface area contributed by atoms with Gasteiger partial charge in [0.05, 0.1) is 0 Å². The number of nitrogens with one attached hydrogen (secondary N) is 1. The van der Waals surface area contributed by atoms with E-state index in [0.29, 0.717) is 12.5 Å². The molecule has 1 aliphatic heterocycles. The Labute approximate surface area is 95.8 Å². The molecule has 2 unspecified atom stereocenters. The van der Waals surface area contributed by atoms with Gasteiger partial charge in [-0.15, -0.1) is 0 Å². The van der Waals surface area contributed by atoms with Crippen LogP contribution in [0.15, 0.2) is 0 Å². The molecule has 0 spiro atoms. The van der Waals surface area contributed by atoms with Crippen molar-refractivity contribution in [2.24, 2.45) is 11.8 Å². The third-order valence-corrected chi connectivity index (χ3v) is 2.84. The Morgan fingerprint density at radius 2 is 2.25 bits per heavy atom. The molecule has 2 N–H and O–H groups in total. The molecule has 0 aromatic heterocycles. The van der Waals surface area contributed by atoms with Gasteiger partial charge in [0.15, 0.2) is 0 Å². The number of carboxylic acids is 1. The number of carbonyl (C=O) groups excluding carboxylic acids is 1. The maximum atomic E-state index is 11.6. The molecule has 2 amide bonds. The van der Waals surface area contributed by atoms with Crippen molar-refractivity contribution in [3.05, 3.63) is 0 Å². The maximum absolute atomic E-state index is 11.6. The molecular formula is C11H20N2O3. The normalized spacial score (nSPS) is 21.9. The Morgan fingerprint density at radius 1 is 1.56 bits per heavy atom. The second kappa shape index (κ2) is 5.72. The van der Waals surface area contributed by atoms with Crippen LogP contribution in [0.3, 0.4) is 0 Å². The van der Waals surface area contributed by atoms with Crippen LogP contribution in [0.4, 0.5) is 4.79 Å². The van der Waals surface area contributed by atoms with Crippen molar-refractivity contribution in [1.82, 2.24) is 10.2 Å². The summed E-state index contributed by atoms with van der Waals surface area (Å²) >= 11 is 0. The summed E-state index contributed by atoms with van der Waals surface area (Å²) in [6, 6.07) is -0.0680. The van der Waals surface area contributed by atoms with Crippen LogP contribution >= 0.6 is 0 Å². The van der Waals surface area contributed by atoms with E-state index in [4.69, 9.17) is 5.11 Å². The predicted octanol–water partition coefficient (Wildman–Crippen LogP) is 1.15. The summed E-state index contributed by atoms with van der Waals surface area (Å²) in [5.41, 5.74) is 0. The quantitative estimate of drug-likeness (QED) is 0.758. The van der Waals surface area contributed by atoms with Crippen LogP contribution < -0.4 is 5.32 Å². The van der Waals surface area contributed by atoms with E-state index in [1.165, 1.54) is 0 Å². The van der Waals surface area contributed by atoms with Gasteiger partial charge in [-0.25, -0.2) is 4.79 Å². The molecule has 1 fully saturated rings. The Kier molecular flexibility index (Phi) is 4.58. The fourth-order valence-corrected chi connectivity index (χ4v) is 1.86. The molecule has 1 saturated heterocycles. The number of aliphatic carboxylic acids is 1. The zero-order valence-electron chi connectivity index (χ0n) is 9.90. The minimum absolute atomic E-state index is 0.0264. The summed E-state index contributed by atoms with van der Waals surface area (Å²) in [5, 5.41) is 11.3. The van der Waals surface area contributed by atoms with Crippen molar-refractivity contribution in [3.8, 4) is 0 Å². The molecule has 92 valence electrons. The SMILES string of the molecule is CC(CNC(=O)N1CCC(C)C1)CC(=O)O.